The number of amides is 2. The predicted molar refractivity (Wildman–Crippen MR) is 80.4 cm³/mol. The molecule has 0 aliphatic heterocycles. The number of carbonyl (C=O) groups is 3. The molecule has 0 aliphatic carbocycles. The number of ether oxygens (including phenoxy) is 1. The van der Waals surface area contributed by atoms with Crippen LogP contribution < -0.4 is 16.4 Å². The lowest BCUT2D eigenvalue weighted by molar-refractivity contribution is -0.201. The molecule has 5 N–H and O–H groups in total. The quantitative estimate of drug-likeness (QED) is 0.547. The van der Waals surface area contributed by atoms with Crippen LogP contribution in [0.25, 0.3) is 0 Å². The molecule has 0 aliphatic rings. The number of alkyl halides is 3. The van der Waals surface area contributed by atoms with Gasteiger partial charge < -0.3 is 26.2 Å². The second-order valence-corrected chi connectivity index (χ2v) is 4.36. The fraction of sp³-hybridized carbons (Fsp3) is 0.357. The first-order chi connectivity index (χ1) is 11.7. The molecule has 8 nitrogen and oxygen atoms in total. The highest BCUT2D eigenvalue weighted by atomic mass is 19.4. The van der Waals surface area contributed by atoms with Gasteiger partial charge in [-0.05, 0) is 5.56 Å². The zero-order valence-electron chi connectivity index (χ0n) is 13.0. The Bertz CT molecular complexity index is 552. The van der Waals surface area contributed by atoms with E-state index < -0.39 is 18.2 Å². The molecule has 0 heterocycles. The van der Waals surface area contributed by atoms with Gasteiger partial charge in [0.15, 0.2) is 0 Å². The molecule has 11 heteroatoms. The van der Waals surface area contributed by atoms with Crippen molar-refractivity contribution in [3.63, 3.8) is 0 Å². The van der Waals surface area contributed by atoms with Crippen LogP contribution in [0.3, 0.4) is 0 Å². The van der Waals surface area contributed by atoms with Crippen molar-refractivity contribution in [3.8, 4) is 0 Å². The van der Waals surface area contributed by atoms with E-state index in [2.05, 4.69) is 10.1 Å². The van der Waals surface area contributed by atoms with Gasteiger partial charge in [0.1, 0.15) is 6.61 Å². The molecule has 1 aromatic rings. The summed E-state index contributed by atoms with van der Waals surface area (Å²) in [7, 11) is 0. The molecular formula is C14H18F3N3O5. The Balaban J connectivity index is 0.000000477. The summed E-state index contributed by atoms with van der Waals surface area (Å²) < 4.78 is 39.1. The molecule has 2 amide bonds. The van der Waals surface area contributed by atoms with Crippen LogP contribution in [0.4, 0.5) is 18.0 Å². The molecule has 0 saturated heterocycles. The number of halogens is 3. The monoisotopic (exact) mass is 365 g/mol. The van der Waals surface area contributed by atoms with Gasteiger partial charge in [0.05, 0.1) is 6.54 Å². The zero-order chi connectivity index (χ0) is 19.3. The van der Waals surface area contributed by atoms with Gasteiger partial charge >= 0.3 is 18.2 Å². The standard InChI is InChI=1S/C9H7F3O2.C5H11N3O3/c10-9(11,12)8(13)14-6-7-4-2-1-3-5-7;6-1-2-7-4(9)3-8-5(10)11/h1-5H,6H2;8H,1-3,6H2,(H,7,9)(H,10,11). The number of hydrogen-bond acceptors (Lipinski definition) is 5. The van der Waals surface area contributed by atoms with Gasteiger partial charge in [0.25, 0.3) is 0 Å². The minimum absolute atomic E-state index is 0.227. The molecule has 0 bridgehead atoms. The number of hydrogen-bond donors (Lipinski definition) is 4. The van der Waals surface area contributed by atoms with Crippen LogP contribution in [0, 0.1) is 0 Å². The van der Waals surface area contributed by atoms with Gasteiger partial charge in [0.2, 0.25) is 5.91 Å². The first-order valence-electron chi connectivity index (χ1n) is 6.88. The third-order valence-electron chi connectivity index (χ3n) is 2.31. The lowest BCUT2D eigenvalue weighted by Gasteiger charge is -2.06. The van der Waals surface area contributed by atoms with Gasteiger partial charge in [0, 0.05) is 13.1 Å². The molecular weight excluding hydrogens is 347 g/mol. The molecule has 0 atom stereocenters. The topological polar surface area (TPSA) is 131 Å². The molecule has 140 valence electrons. The third-order valence-corrected chi connectivity index (χ3v) is 2.31. The van der Waals surface area contributed by atoms with Crippen LogP contribution in [0.1, 0.15) is 5.56 Å². The molecule has 0 spiro atoms. The van der Waals surface area contributed by atoms with Crippen LogP contribution in [0.15, 0.2) is 30.3 Å². The Morgan fingerprint density at radius 3 is 2.20 bits per heavy atom. The third kappa shape index (κ3) is 12.3. The molecule has 25 heavy (non-hydrogen) atoms. The fourth-order valence-electron chi connectivity index (χ4n) is 1.23. The number of rotatable bonds is 6. The summed E-state index contributed by atoms with van der Waals surface area (Å²) in [5, 5.41) is 12.4. The summed E-state index contributed by atoms with van der Waals surface area (Å²) in [6.07, 6.45) is -6.14. The Hall–Kier alpha value is -2.82. The van der Waals surface area contributed by atoms with E-state index in [1.54, 1.807) is 30.3 Å². The van der Waals surface area contributed by atoms with Crippen LogP contribution >= 0.6 is 0 Å². The van der Waals surface area contributed by atoms with Gasteiger partial charge in [-0.1, -0.05) is 30.3 Å². The SMILES string of the molecule is NCCNC(=O)CNC(=O)O.O=C(OCc1ccccc1)C(F)(F)F. The van der Waals surface area contributed by atoms with Crippen LogP contribution in [0.2, 0.25) is 0 Å². The average Bonchev–Trinajstić information content (AvgIpc) is 2.56. The van der Waals surface area contributed by atoms with Gasteiger partial charge in [-0.3, -0.25) is 4.79 Å². The highest BCUT2D eigenvalue weighted by Crippen LogP contribution is 2.17. The largest absolute Gasteiger partial charge is 0.490 e. The molecule has 1 aromatic carbocycles. The number of carboxylic acid groups (broad SMARTS) is 1. The van der Waals surface area contributed by atoms with Crippen molar-refractivity contribution in [1.29, 1.82) is 0 Å². The smallest absolute Gasteiger partial charge is 0.465 e. The highest BCUT2D eigenvalue weighted by Gasteiger charge is 2.40. The number of benzene rings is 1. The second-order valence-electron chi connectivity index (χ2n) is 4.36. The predicted octanol–water partition coefficient (Wildman–Crippen LogP) is 0.621. The highest BCUT2D eigenvalue weighted by molar-refractivity contribution is 5.81. The van der Waals surface area contributed by atoms with Crippen molar-refractivity contribution in [3.05, 3.63) is 35.9 Å². The summed E-state index contributed by atoms with van der Waals surface area (Å²) in [5.41, 5.74) is 5.60. The Morgan fingerprint density at radius 1 is 1.12 bits per heavy atom. The van der Waals surface area contributed by atoms with Crippen molar-refractivity contribution in [2.24, 2.45) is 5.73 Å². The summed E-state index contributed by atoms with van der Waals surface area (Å²) in [5.74, 6) is -2.54. The van der Waals surface area contributed by atoms with E-state index in [4.69, 9.17) is 10.8 Å². The first-order valence-corrected chi connectivity index (χ1v) is 6.88. The fourth-order valence-corrected chi connectivity index (χ4v) is 1.23. The normalized spacial score (nSPS) is 10.1. The van der Waals surface area contributed by atoms with Crippen LogP contribution in [-0.4, -0.2) is 48.9 Å². The summed E-state index contributed by atoms with van der Waals surface area (Å²) >= 11 is 0. The van der Waals surface area contributed by atoms with E-state index in [1.807, 2.05) is 5.32 Å². The summed E-state index contributed by atoms with van der Waals surface area (Å²) in [6, 6.07) is 8.16. The molecule has 0 fully saturated rings. The van der Waals surface area contributed by atoms with E-state index in [-0.39, 0.29) is 19.1 Å². The number of carbonyl (C=O) groups excluding carboxylic acids is 2. The zero-order valence-corrected chi connectivity index (χ0v) is 13.0. The molecule has 0 saturated carbocycles. The number of esters is 1. The first kappa shape index (κ1) is 22.2. The van der Waals surface area contributed by atoms with E-state index in [0.29, 0.717) is 18.7 Å². The van der Waals surface area contributed by atoms with E-state index in [9.17, 15) is 27.6 Å². The Morgan fingerprint density at radius 2 is 1.72 bits per heavy atom. The Kier molecular flexibility index (Phi) is 10.4. The van der Waals surface area contributed by atoms with E-state index >= 15 is 0 Å². The lowest BCUT2D eigenvalue weighted by atomic mass is 10.2. The minimum Gasteiger partial charge on any atom is -0.465 e. The van der Waals surface area contributed by atoms with Crippen LogP contribution in [0.5, 0.6) is 0 Å². The second kappa shape index (κ2) is 11.7. The Labute approximate surface area is 141 Å². The van der Waals surface area contributed by atoms with Crippen molar-refractivity contribution >= 4 is 18.0 Å². The maximum Gasteiger partial charge on any atom is 0.490 e. The lowest BCUT2D eigenvalue weighted by Crippen LogP contribution is -2.38. The van der Waals surface area contributed by atoms with Crippen molar-refractivity contribution < 1.29 is 37.4 Å². The summed E-state index contributed by atoms with van der Waals surface area (Å²) in [6.45, 7) is 0.119. The van der Waals surface area contributed by atoms with Gasteiger partial charge in [-0.25, -0.2) is 9.59 Å². The summed E-state index contributed by atoms with van der Waals surface area (Å²) in [4.78, 5) is 30.8. The number of nitrogens with one attached hydrogen (secondary N) is 2. The average molecular weight is 365 g/mol. The number of nitrogens with two attached hydrogens (primary N) is 1. The van der Waals surface area contributed by atoms with E-state index in [0.717, 1.165) is 0 Å². The maximum absolute atomic E-state index is 11.7. The maximum atomic E-state index is 11.7. The van der Waals surface area contributed by atoms with Crippen LogP contribution in [-0.2, 0) is 20.9 Å². The van der Waals surface area contributed by atoms with E-state index in [1.165, 1.54) is 0 Å². The minimum atomic E-state index is -4.92. The van der Waals surface area contributed by atoms with Crippen molar-refractivity contribution in [2.45, 2.75) is 12.8 Å². The molecule has 0 unspecified atom stereocenters. The molecule has 1 rings (SSSR count). The molecule has 0 radical (unpaired) electrons. The van der Waals surface area contributed by atoms with Gasteiger partial charge in [-0.2, -0.15) is 13.2 Å². The van der Waals surface area contributed by atoms with Crippen molar-refractivity contribution in [2.75, 3.05) is 19.6 Å². The molecule has 0 aromatic heterocycles. The van der Waals surface area contributed by atoms with Crippen molar-refractivity contribution in [1.82, 2.24) is 10.6 Å². The van der Waals surface area contributed by atoms with Gasteiger partial charge in [-0.15, -0.1) is 0 Å².